The van der Waals surface area contributed by atoms with Gasteiger partial charge in [0, 0.05) is 12.1 Å². The van der Waals surface area contributed by atoms with E-state index in [4.69, 9.17) is 0 Å². The summed E-state index contributed by atoms with van der Waals surface area (Å²) in [6, 6.07) is 11.5. The number of nitrogens with one attached hydrogen (secondary N) is 2. The van der Waals surface area contributed by atoms with Crippen molar-refractivity contribution in [2.45, 2.75) is 53.0 Å². The molecule has 0 atom stereocenters. The molecule has 2 N–H and O–H groups in total. The molecule has 0 bridgehead atoms. The number of rotatable bonds is 7. The van der Waals surface area contributed by atoms with E-state index < -0.39 is 5.54 Å². The smallest absolute Gasteiger partial charge is 0.250 e. The number of hydrogen-bond donors (Lipinski definition) is 2. The zero-order chi connectivity index (χ0) is 23.5. The Morgan fingerprint density at radius 2 is 1.75 bits per heavy atom. The number of aryl methyl sites for hydroxylation is 3. The van der Waals surface area contributed by atoms with Crippen molar-refractivity contribution in [2.75, 3.05) is 27.0 Å². The lowest BCUT2D eigenvalue weighted by atomic mass is 9.96. The highest BCUT2D eigenvalue weighted by atomic mass is 32.2. The first-order chi connectivity index (χ1) is 15.1. The number of nitrogens with zero attached hydrogens (tertiary/aromatic N) is 1. The van der Waals surface area contributed by atoms with Gasteiger partial charge in [0.05, 0.1) is 17.1 Å². The average Bonchev–Trinajstić information content (AvgIpc) is 2.71. The summed E-state index contributed by atoms with van der Waals surface area (Å²) in [4.78, 5) is 39.5. The van der Waals surface area contributed by atoms with Crippen LogP contribution < -0.4 is 15.5 Å². The summed E-state index contributed by atoms with van der Waals surface area (Å²) in [5, 5.41) is 5.89. The van der Waals surface area contributed by atoms with Crippen molar-refractivity contribution in [1.29, 1.82) is 0 Å². The third-order valence-electron chi connectivity index (χ3n) is 5.62. The summed E-state index contributed by atoms with van der Waals surface area (Å²) in [5.41, 5.74) is 4.58. The van der Waals surface area contributed by atoms with Gasteiger partial charge in [-0.25, -0.2) is 0 Å². The molecule has 2 aromatic rings. The molecule has 1 aliphatic heterocycles. The van der Waals surface area contributed by atoms with E-state index in [2.05, 4.69) is 22.8 Å². The Balaban J connectivity index is 1.50. The molecule has 1 aliphatic rings. The predicted octanol–water partition coefficient (Wildman–Crippen LogP) is 4.83. The number of carbonyl (C=O) groups excluding carboxylic acids is 3. The molecule has 0 unspecified atom stereocenters. The lowest BCUT2D eigenvalue weighted by Gasteiger charge is -2.42. The Morgan fingerprint density at radius 1 is 1.09 bits per heavy atom. The number of hydrogen-bond acceptors (Lipinski definition) is 4. The van der Waals surface area contributed by atoms with Gasteiger partial charge in [-0.2, -0.15) is 11.8 Å². The van der Waals surface area contributed by atoms with Crippen molar-refractivity contribution >= 4 is 46.5 Å². The number of para-hydroxylation sites is 2. The van der Waals surface area contributed by atoms with Crippen LogP contribution in [0.25, 0.3) is 0 Å². The standard InChI is InChI=1S/C25H31N3O3S/c1-16-13-17(2)23(18(3)14-16)27-21(29)11-8-12-32-15-22(30)28-20-10-7-6-9-19(20)26-24(31)25(28,4)5/h6-7,9-10,13-14H,8,11-12,15H2,1-5H3,(H,26,31)(H,27,29). The number of amides is 3. The van der Waals surface area contributed by atoms with Crippen LogP contribution in [-0.2, 0) is 14.4 Å². The van der Waals surface area contributed by atoms with Crippen molar-refractivity contribution < 1.29 is 14.4 Å². The van der Waals surface area contributed by atoms with E-state index in [-0.39, 0.29) is 23.5 Å². The zero-order valence-electron chi connectivity index (χ0n) is 19.4. The van der Waals surface area contributed by atoms with Crippen molar-refractivity contribution in [3.63, 3.8) is 0 Å². The summed E-state index contributed by atoms with van der Waals surface area (Å²) in [6.07, 6.45) is 1.07. The second-order valence-electron chi connectivity index (χ2n) is 8.74. The van der Waals surface area contributed by atoms with E-state index in [1.807, 2.05) is 39.0 Å². The van der Waals surface area contributed by atoms with E-state index in [1.54, 1.807) is 24.8 Å². The molecule has 7 heteroatoms. The molecule has 0 saturated carbocycles. The van der Waals surface area contributed by atoms with Crippen molar-refractivity contribution in [3.8, 4) is 0 Å². The molecule has 0 spiro atoms. The minimum atomic E-state index is -0.963. The SMILES string of the molecule is Cc1cc(C)c(NC(=O)CCCSCC(=O)N2c3ccccc3NC(=O)C2(C)C)c(C)c1. The number of benzene rings is 2. The van der Waals surface area contributed by atoms with Crippen LogP contribution in [0.2, 0.25) is 0 Å². The van der Waals surface area contributed by atoms with Crippen LogP contribution in [0.5, 0.6) is 0 Å². The Morgan fingerprint density at radius 3 is 2.44 bits per heavy atom. The first kappa shape index (κ1) is 23.9. The summed E-state index contributed by atoms with van der Waals surface area (Å²) >= 11 is 1.49. The molecule has 0 saturated heterocycles. The van der Waals surface area contributed by atoms with Gasteiger partial charge >= 0.3 is 0 Å². The largest absolute Gasteiger partial charge is 0.326 e. The molecule has 1 heterocycles. The topological polar surface area (TPSA) is 78.5 Å². The molecule has 2 aromatic carbocycles. The molecular formula is C25H31N3O3S. The number of fused-ring (bicyclic) bond motifs is 1. The molecule has 0 radical (unpaired) electrons. The predicted molar refractivity (Wildman–Crippen MR) is 132 cm³/mol. The molecule has 3 amide bonds. The first-order valence-electron chi connectivity index (χ1n) is 10.8. The molecule has 0 aliphatic carbocycles. The highest BCUT2D eigenvalue weighted by molar-refractivity contribution is 7.99. The molecule has 32 heavy (non-hydrogen) atoms. The maximum atomic E-state index is 13.0. The first-order valence-corrected chi connectivity index (χ1v) is 12.0. The van der Waals surface area contributed by atoms with Crippen LogP contribution in [-0.4, -0.2) is 34.8 Å². The van der Waals surface area contributed by atoms with E-state index in [0.717, 1.165) is 16.8 Å². The van der Waals surface area contributed by atoms with E-state index in [9.17, 15) is 14.4 Å². The van der Waals surface area contributed by atoms with Crippen molar-refractivity contribution in [1.82, 2.24) is 0 Å². The zero-order valence-corrected chi connectivity index (χ0v) is 20.2. The minimum absolute atomic E-state index is 0.0188. The van der Waals surface area contributed by atoms with Crippen LogP contribution in [0.1, 0.15) is 43.4 Å². The fourth-order valence-corrected chi connectivity index (χ4v) is 4.83. The number of anilines is 3. The van der Waals surface area contributed by atoms with E-state index in [1.165, 1.54) is 17.3 Å². The van der Waals surface area contributed by atoms with Gasteiger partial charge in [-0.15, -0.1) is 0 Å². The molecular weight excluding hydrogens is 422 g/mol. The van der Waals surface area contributed by atoms with Gasteiger partial charge in [-0.3, -0.25) is 19.3 Å². The van der Waals surface area contributed by atoms with Crippen LogP contribution >= 0.6 is 11.8 Å². The van der Waals surface area contributed by atoms with Crippen LogP contribution in [0.3, 0.4) is 0 Å². The van der Waals surface area contributed by atoms with Crippen LogP contribution in [0.4, 0.5) is 17.1 Å². The summed E-state index contributed by atoms with van der Waals surface area (Å²) < 4.78 is 0. The van der Waals surface area contributed by atoms with E-state index in [0.29, 0.717) is 30.0 Å². The Kier molecular flexibility index (Phi) is 7.29. The molecule has 6 nitrogen and oxygen atoms in total. The average molecular weight is 454 g/mol. The Labute approximate surface area is 194 Å². The highest BCUT2D eigenvalue weighted by Gasteiger charge is 2.43. The van der Waals surface area contributed by atoms with Gasteiger partial charge in [0.25, 0.3) is 0 Å². The van der Waals surface area contributed by atoms with Gasteiger partial charge in [-0.1, -0.05) is 29.8 Å². The van der Waals surface area contributed by atoms with Crippen LogP contribution in [0, 0.1) is 20.8 Å². The monoisotopic (exact) mass is 453 g/mol. The van der Waals surface area contributed by atoms with Gasteiger partial charge in [0.15, 0.2) is 0 Å². The quantitative estimate of drug-likeness (QED) is 0.589. The second kappa shape index (κ2) is 9.77. The molecule has 0 aromatic heterocycles. The second-order valence-corrected chi connectivity index (χ2v) is 9.84. The summed E-state index contributed by atoms with van der Waals surface area (Å²) in [7, 11) is 0. The summed E-state index contributed by atoms with van der Waals surface area (Å²) in [5.74, 6) is 0.607. The highest BCUT2D eigenvalue weighted by Crippen LogP contribution is 2.37. The van der Waals surface area contributed by atoms with Gasteiger partial charge in [-0.05, 0) is 70.1 Å². The molecule has 170 valence electrons. The van der Waals surface area contributed by atoms with Gasteiger partial charge < -0.3 is 10.6 Å². The third kappa shape index (κ3) is 5.15. The van der Waals surface area contributed by atoms with Crippen molar-refractivity contribution in [2.24, 2.45) is 0 Å². The normalized spacial score (nSPS) is 14.5. The van der Waals surface area contributed by atoms with Gasteiger partial charge in [0.2, 0.25) is 17.7 Å². The molecule has 3 rings (SSSR count). The lowest BCUT2D eigenvalue weighted by molar-refractivity contribution is -0.125. The van der Waals surface area contributed by atoms with Crippen LogP contribution in [0.15, 0.2) is 36.4 Å². The fraction of sp³-hybridized carbons (Fsp3) is 0.400. The number of carbonyl (C=O) groups is 3. The maximum absolute atomic E-state index is 13.0. The number of thioether (sulfide) groups is 1. The Bertz CT molecular complexity index is 1030. The Hall–Kier alpha value is -2.80. The maximum Gasteiger partial charge on any atom is 0.250 e. The van der Waals surface area contributed by atoms with E-state index >= 15 is 0 Å². The lowest BCUT2D eigenvalue weighted by Crippen LogP contribution is -2.59. The minimum Gasteiger partial charge on any atom is -0.326 e. The summed E-state index contributed by atoms with van der Waals surface area (Å²) in [6.45, 7) is 9.54. The van der Waals surface area contributed by atoms with Crippen molar-refractivity contribution in [3.05, 3.63) is 53.1 Å². The van der Waals surface area contributed by atoms with Gasteiger partial charge in [0.1, 0.15) is 5.54 Å². The fourth-order valence-electron chi connectivity index (χ4n) is 4.04. The molecule has 0 fully saturated rings. The third-order valence-corrected chi connectivity index (χ3v) is 6.65.